The van der Waals surface area contributed by atoms with E-state index in [4.69, 9.17) is 16.7 Å². The van der Waals surface area contributed by atoms with Gasteiger partial charge in [0.1, 0.15) is 5.82 Å². The van der Waals surface area contributed by atoms with E-state index in [2.05, 4.69) is 50.7 Å². The van der Waals surface area contributed by atoms with Crippen molar-refractivity contribution in [1.29, 1.82) is 0 Å². The number of nitrogens with one attached hydrogen (secondary N) is 1. The maximum absolute atomic E-state index is 6.23. The van der Waals surface area contributed by atoms with Crippen LogP contribution in [0.15, 0.2) is 24.3 Å². The Morgan fingerprint density at radius 2 is 1.86 bits per heavy atom. The van der Waals surface area contributed by atoms with Crippen LogP contribution in [0.5, 0.6) is 0 Å². The lowest BCUT2D eigenvalue weighted by molar-refractivity contribution is 0.292. The molecule has 1 aliphatic carbocycles. The topological polar surface area (TPSA) is 60.6 Å². The fraction of sp³-hybridized carbons (Fsp3) is 0.476. The summed E-state index contributed by atoms with van der Waals surface area (Å²) in [6.07, 6.45) is 4.47. The quantitative estimate of drug-likeness (QED) is 0.703. The maximum Gasteiger partial charge on any atom is 0.151 e. The summed E-state index contributed by atoms with van der Waals surface area (Å²) in [5.41, 5.74) is 4.72. The van der Waals surface area contributed by atoms with Crippen LogP contribution >= 0.6 is 11.6 Å². The molecule has 1 fully saturated rings. The molecule has 7 heteroatoms. The Morgan fingerprint density at radius 3 is 2.61 bits per heavy atom. The molecule has 0 saturated heterocycles. The van der Waals surface area contributed by atoms with E-state index in [1.165, 1.54) is 11.3 Å². The van der Waals surface area contributed by atoms with Crippen molar-refractivity contribution in [3.05, 3.63) is 57.9 Å². The number of aryl methyl sites for hydroxylation is 2. The van der Waals surface area contributed by atoms with Gasteiger partial charge >= 0.3 is 0 Å². The van der Waals surface area contributed by atoms with Crippen molar-refractivity contribution in [3.8, 4) is 5.69 Å². The summed E-state index contributed by atoms with van der Waals surface area (Å²) >= 11 is 6.23. The highest BCUT2D eigenvalue weighted by Crippen LogP contribution is 2.39. The van der Waals surface area contributed by atoms with Crippen LogP contribution < -0.4 is 5.32 Å². The van der Waals surface area contributed by atoms with Gasteiger partial charge in [-0.15, -0.1) is 10.2 Å². The summed E-state index contributed by atoms with van der Waals surface area (Å²) in [7, 11) is 0. The van der Waals surface area contributed by atoms with Gasteiger partial charge in [-0.25, -0.2) is 0 Å². The van der Waals surface area contributed by atoms with E-state index in [1.54, 1.807) is 0 Å². The molecule has 28 heavy (non-hydrogen) atoms. The van der Waals surface area contributed by atoms with E-state index in [0.29, 0.717) is 12.0 Å². The number of benzene rings is 1. The average molecular weight is 397 g/mol. The van der Waals surface area contributed by atoms with Crippen molar-refractivity contribution >= 4 is 11.6 Å². The molecule has 1 N–H and O–H groups in total. The van der Waals surface area contributed by atoms with Crippen molar-refractivity contribution in [2.45, 2.75) is 64.6 Å². The number of hydrogen-bond acceptors (Lipinski definition) is 4. The second-order valence-electron chi connectivity index (χ2n) is 8.06. The van der Waals surface area contributed by atoms with Crippen LogP contribution in [-0.2, 0) is 13.1 Å². The Hall–Kier alpha value is -2.18. The van der Waals surface area contributed by atoms with E-state index in [9.17, 15) is 0 Å². The number of rotatable bonds is 2. The molecule has 1 aromatic carbocycles. The van der Waals surface area contributed by atoms with Gasteiger partial charge in [0.05, 0.1) is 24.0 Å². The smallest absolute Gasteiger partial charge is 0.151 e. The van der Waals surface area contributed by atoms with Gasteiger partial charge in [0.15, 0.2) is 5.82 Å². The van der Waals surface area contributed by atoms with Crippen molar-refractivity contribution in [2.24, 2.45) is 0 Å². The van der Waals surface area contributed by atoms with E-state index in [1.807, 2.05) is 12.1 Å². The molecule has 2 aromatic heterocycles. The predicted octanol–water partition coefficient (Wildman–Crippen LogP) is 4.24. The lowest BCUT2D eigenvalue weighted by Gasteiger charge is -2.29. The zero-order valence-corrected chi connectivity index (χ0v) is 17.1. The zero-order chi connectivity index (χ0) is 19.3. The summed E-state index contributed by atoms with van der Waals surface area (Å²) in [5, 5.41) is 18.0. The largest absolute Gasteiger partial charge is 0.306 e. The fourth-order valence-electron chi connectivity index (χ4n) is 4.79. The fourth-order valence-corrected chi connectivity index (χ4v) is 4.98. The minimum Gasteiger partial charge on any atom is -0.306 e. The molecule has 2 aliphatic rings. The Labute approximate surface area is 169 Å². The summed E-state index contributed by atoms with van der Waals surface area (Å²) in [6.45, 7) is 5.74. The second-order valence-corrected chi connectivity index (χ2v) is 8.50. The predicted molar refractivity (Wildman–Crippen MR) is 109 cm³/mol. The van der Waals surface area contributed by atoms with Gasteiger partial charge in [-0.2, -0.15) is 5.10 Å². The van der Waals surface area contributed by atoms with Gasteiger partial charge in [0.25, 0.3) is 0 Å². The first kappa shape index (κ1) is 17.9. The molecular weight excluding hydrogens is 372 g/mol. The Bertz CT molecular complexity index is 1010. The van der Waals surface area contributed by atoms with Crippen LogP contribution in [0.2, 0.25) is 5.02 Å². The van der Waals surface area contributed by atoms with Crippen LogP contribution in [0.4, 0.5) is 0 Å². The molecule has 0 atom stereocenters. The van der Waals surface area contributed by atoms with Crippen LogP contribution in [0, 0.1) is 13.8 Å². The molecule has 0 unspecified atom stereocenters. The molecule has 0 bridgehead atoms. The van der Waals surface area contributed by atoms with Crippen molar-refractivity contribution in [2.75, 3.05) is 0 Å². The molecule has 1 aliphatic heterocycles. The minimum absolute atomic E-state index is 0.427. The summed E-state index contributed by atoms with van der Waals surface area (Å²) in [4.78, 5) is 0. The third-order valence-electron chi connectivity index (χ3n) is 6.09. The maximum atomic E-state index is 6.23. The minimum atomic E-state index is 0.427. The molecule has 6 nitrogen and oxygen atoms in total. The van der Waals surface area contributed by atoms with Crippen molar-refractivity contribution in [3.63, 3.8) is 0 Å². The average Bonchev–Trinajstić information content (AvgIpc) is 3.20. The first-order valence-corrected chi connectivity index (χ1v) is 10.4. The monoisotopic (exact) mass is 396 g/mol. The number of hydrogen-bond donors (Lipinski definition) is 1. The summed E-state index contributed by atoms with van der Waals surface area (Å²) < 4.78 is 4.48. The number of fused-ring (bicyclic) bond motifs is 3. The van der Waals surface area contributed by atoms with E-state index < -0.39 is 0 Å². The zero-order valence-electron chi connectivity index (χ0n) is 16.3. The highest BCUT2D eigenvalue weighted by molar-refractivity contribution is 6.30. The number of aromatic nitrogens is 5. The Morgan fingerprint density at radius 1 is 1.04 bits per heavy atom. The van der Waals surface area contributed by atoms with Crippen molar-refractivity contribution < 1.29 is 0 Å². The first-order valence-electron chi connectivity index (χ1n) is 10.1. The number of nitrogens with zero attached hydrogens (tertiary/aromatic N) is 5. The highest BCUT2D eigenvalue weighted by atomic mass is 35.5. The normalized spacial score (nSPS) is 21.8. The van der Waals surface area contributed by atoms with Gasteiger partial charge in [-0.3, -0.25) is 9.25 Å². The molecule has 3 heterocycles. The third kappa shape index (κ3) is 3.05. The standard InChI is InChI=1S/C21H25ClN6/c1-13-9-14(2)28(26-13)18-6-3-15(4-7-18)21-25-24-20-12-23-11-16-10-17(22)5-8-19(16)27(20)21/h5,8-10,15,18,23H,3-4,6-7,11-12H2,1-2H3. The lowest BCUT2D eigenvalue weighted by atomic mass is 9.85. The molecule has 0 radical (unpaired) electrons. The van der Waals surface area contributed by atoms with Crippen LogP contribution in [0.1, 0.15) is 66.2 Å². The summed E-state index contributed by atoms with van der Waals surface area (Å²) in [6, 6.07) is 8.76. The molecule has 0 amide bonds. The molecule has 5 rings (SSSR count). The SMILES string of the molecule is Cc1cc(C)n(C2CCC(c3nnc4n3-c3ccc(Cl)cc3CNC4)CC2)n1. The van der Waals surface area contributed by atoms with E-state index >= 15 is 0 Å². The summed E-state index contributed by atoms with van der Waals surface area (Å²) in [5.74, 6) is 2.50. The number of halogens is 1. The van der Waals surface area contributed by atoms with Gasteiger partial charge < -0.3 is 5.32 Å². The van der Waals surface area contributed by atoms with Crippen molar-refractivity contribution in [1.82, 2.24) is 29.9 Å². The van der Waals surface area contributed by atoms with Gasteiger partial charge in [-0.05, 0) is 69.4 Å². The van der Waals surface area contributed by atoms with Crippen LogP contribution in [0.3, 0.4) is 0 Å². The van der Waals surface area contributed by atoms with Gasteiger partial charge in [-0.1, -0.05) is 11.6 Å². The van der Waals surface area contributed by atoms with E-state index in [-0.39, 0.29) is 0 Å². The Balaban J connectivity index is 1.43. The molecule has 3 aromatic rings. The van der Waals surface area contributed by atoms with Crippen LogP contribution in [0.25, 0.3) is 5.69 Å². The molecule has 1 saturated carbocycles. The highest BCUT2D eigenvalue weighted by Gasteiger charge is 2.30. The van der Waals surface area contributed by atoms with Crippen LogP contribution in [-0.4, -0.2) is 24.5 Å². The molecule has 146 valence electrons. The molecule has 0 spiro atoms. The second kappa shape index (κ2) is 7.01. The first-order chi connectivity index (χ1) is 13.6. The lowest BCUT2D eigenvalue weighted by Crippen LogP contribution is -2.21. The third-order valence-corrected chi connectivity index (χ3v) is 6.32. The van der Waals surface area contributed by atoms with Gasteiger partial charge in [0, 0.05) is 23.2 Å². The van der Waals surface area contributed by atoms with Gasteiger partial charge in [0.2, 0.25) is 0 Å². The van der Waals surface area contributed by atoms with E-state index in [0.717, 1.165) is 66.8 Å². The molecular formula is C21H25ClN6. The Kier molecular flexibility index (Phi) is 4.48.